The maximum Gasteiger partial charge on any atom is 0.189 e. The van der Waals surface area contributed by atoms with Crippen LogP contribution in [0.5, 0.6) is 5.75 Å². The van der Waals surface area contributed by atoms with E-state index in [0.717, 1.165) is 17.2 Å². The van der Waals surface area contributed by atoms with E-state index < -0.39 is 0 Å². The lowest BCUT2D eigenvalue weighted by atomic mass is 10.2. The van der Waals surface area contributed by atoms with Crippen molar-refractivity contribution in [1.29, 1.82) is 0 Å². The number of benzene rings is 1. The molecule has 1 aliphatic rings. The average Bonchev–Trinajstić information content (AvgIpc) is 3.02. The molecule has 1 aromatic carbocycles. The van der Waals surface area contributed by atoms with E-state index in [9.17, 15) is 0 Å². The summed E-state index contributed by atoms with van der Waals surface area (Å²) >= 11 is 0. The van der Waals surface area contributed by atoms with E-state index in [1.807, 2.05) is 24.3 Å². The zero-order valence-electron chi connectivity index (χ0n) is 10.3. The molecule has 0 spiro atoms. The Morgan fingerprint density at radius 2 is 2.24 bits per heavy atom. The minimum Gasteiger partial charge on any atom is -0.496 e. The standard InChI is InChI=1S/C13H19N3O/c1-9-7-11(9)16-13(14)15-8-10-5-3-4-6-12(10)17-2/h3-6,9,11H,7-8H2,1-2H3,(H3,14,15,16)/t9-,11-/m0/s1. The molecule has 4 nitrogen and oxygen atoms in total. The largest absolute Gasteiger partial charge is 0.496 e. The van der Waals surface area contributed by atoms with Crippen LogP contribution in [0.4, 0.5) is 0 Å². The minimum absolute atomic E-state index is 0.511. The SMILES string of the molecule is COc1ccccc1CN=C(N)N[C@H]1C[C@@H]1C. The van der Waals surface area contributed by atoms with Crippen molar-refractivity contribution in [2.45, 2.75) is 25.9 Å². The van der Waals surface area contributed by atoms with Gasteiger partial charge in [0.1, 0.15) is 5.75 Å². The third-order valence-electron chi connectivity index (χ3n) is 3.06. The number of hydrogen-bond donors (Lipinski definition) is 2. The van der Waals surface area contributed by atoms with Gasteiger partial charge >= 0.3 is 0 Å². The third-order valence-corrected chi connectivity index (χ3v) is 3.06. The van der Waals surface area contributed by atoms with Crippen molar-refractivity contribution in [3.8, 4) is 5.75 Å². The van der Waals surface area contributed by atoms with Gasteiger partial charge in [-0.15, -0.1) is 0 Å². The lowest BCUT2D eigenvalue weighted by Gasteiger charge is -2.07. The van der Waals surface area contributed by atoms with E-state index in [1.165, 1.54) is 6.42 Å². The van der Waals surface area contributed by atoms with Crippen LogP contribution in [-0.2, 0) is 6.54 Å². The normalized spacial score (nSPS) is 23.3. The maximum absolute atomic E-state index is 5.81. The van der Waals surface area contributed by atoms with Gasteiger partial charge in [0.2, 0.25) is 0 Å². The number of methoxy groups -OCH3 is 1. The maximum atomic E-state index is 5.81. The van der Waals surface area contributed by atoms with Gasteiger partial charge in [-0.3, -0.25) is 0 Å². The number of guanidine groups is 1. The number of nitrogens with one attached hydrogen (secondary N) is 1. The summed E-state index contributed by atoms with van der Waals surface area (Å²) in [7, 11) is 1.66. The number of rotatable bonds is 4. The fourth-order valence-electron chi connectivity index (χ4n) is 1.76. The Morgan fingerprint density at radius 1 is 1.53 bits per heavy atom. The predicted octanol–water partition coefficient (Wildman–Crippen LogP) is 1.51. The second kappa shape index (κ2) is 5.08. The second-order valence-corrected chi connectivity index (χ2v) is 4.48. The molecule has 0 aromatic heterocycles. The summed E-state index contributed by atoms with van der Waals surface area (Å²) in [6, 6.07) is 8.35. The zero-order chi connectivity index (χ0) is 12.3. The fraction of sp³-hybridized carbons (Fsp3) is 0.462. The minimum atomic E-state index is 0.511. The van der Waals surface area contributed by atoms with Gasteiger partial charge < -0.3 is 15.8 Å². The van der Waals surface area contributed by atoms with Gasteiger partial charge in [-0.1, -0.05) is 25.1 Å². The van der Waals surface area contributed by atoms with Crippen LogP contribution in [0.3, 0.4) is 0 Å². The quantitative estimate of drug-likeness (QED) is 0.612. The van der Waals surface area contributed by atoms with Gasteiger partial charge in [-0.25, -0.2) is 4.99 Å². The number of aliphatic imine (C=N–C) groups is 1. The van der Waals surface area contributed by atoms with E-state index in [4.69, 9.17) is 10.5 Å². The van der Waals surface area contributed by atoms with Gasteiger partial charge in [-0.05, 0) is 18.4 Å². The lowest BCUT2D eigenvalue weighted by Crippen LogP contribution is -2.34. The summed E-state index contributed by atoms with van der Waals surface area (Å²) in [5, 5.41) is 3.20. The van der Waals surface area contributed by atoms with Crippen LogP contribution >= 0.6 is 0 Å². The molecule has 1 fully saturated rings. The smallest absolute Gasteiger partial charge is 0.189 e. The molecule has 3 N–H and O–H groups in total. The molecular formula is C13H19N3O. The molecule has 4 heteroatoms. The highest BCUT2D eigenvalue weighted by Crippen LogP contribution is 2.28. The number of nitrogens with two attached hydrogens (primary N) is 1. The Bertz CT molecular complexity index is 417. The van der Waals surface area contributed by atoms with E-state index in [2.05, 4.69) is 17.2 Å². The summed E-state index contributed by atoms with van der Waals surface area (Å²) in [6.07, 6.45) is 1.19. The molecule has 17 heavy (non-hydrogen) atoms. The second-order valence-electron chi connectivity index (χ2n) is 4.48. The number of hydrogen-bond acceptors (Lipinski definition) is 2. The van der Waals surface area contributed by atoms with Crippen LogP contribution in [0, 0.1) is 5.92 Å². The van der Waals surface area contributed by atoms with Crippen molar-refractivity contribution in [3.05, 3.63) is 29.8 Å². The highest BCUT2D eigenvalue weighted by Gasteiger charge is 2.32. The molecule has 0 radical (unpaired) electrons. The first-order valence-corrected chi connectivity index (χ1v) is 5.89. The lowest BCUT2D eigenvalue weighted by molar-refractivity contribution is 0.410. The van der Waals surface area contributed by atoms with Gasteiger partial charge in [0.05, 0.1) is 13.7 Å². The molecule has 1 aliphatic carbocycles. The average molecular weight is 233 g/mol. The molecule has 0 amide bonds. The summed E-state index contributed by atoms with van der Waals surface area (Å²) < 4.78 is 5.26. The van der Waals surface area contributed by atoms with Crippen molar-refractivity contribution >= 4 is 5.96 Å². The molecule has 92 valence electrons. The third kappa shape index (κ3) is 3.12. The highest BCUT2D eigenvalue weighted by atomic mass is 16.5. The van der Waals surface area contributed by atoms with Gasteiger partial charge in [0.25, 0.3) is 0 Å². The molecular weight excluding hydrogens is 214 g/mol. The van der Waals surface area contributed by atoms with Crippen LogP contribution in [0.15, 0.2) is 29.3 Å². The van der Waals surface area contributed by atoms with E-state index in [1.54, 1.807) is 7.11 Å². The first-order valence-electron chi connectivity index (χ1n) is 5.89. The fourth-order valence-corrected chi connectivity index (χ4v) is 1.76. The Morgan fingerprint density at radius 3 is 2.88 bits per heavy atom. The van der Waals surface area contributed by atoms with Crippen molar-refractivity contribution < 1.29 is 4.74 Å². The Labute approximate surface area is 102 Å². The topological polar surface area (TPSA) is 59.6 Å². The Kier molecular flexibility index (Phi) is 3.52. The first kappa shape index (κ1) is 11.8. The van der Waals surface area contributed by atoms with E-state index in [-0.39, 0.29) is 0 Å². The summed E-state index contributed by atoms with van der Waals surface area (Å²) in [4.78, 5) is 4.32. The highest BCUT2D eigenvalue weighted by molar-refractivity contribution is 5.78. The number of para-hydroxylation sites is 1. The molecule has 1 saturated carbocycles. The summed E-state index contributed by atoms with van der Waals surface area (Å²) in [5.74, 6) is 2.09. The molecule has 2 rings (SSSR count). The monoisotopic (exact) mass is 233 g/mol. The van der Waals surface area contributed by atoms with Crippen LogP contribution in [-0.4, -0.2) is 19.1 Å². The summed E-state index contributed by atoms with van der Waals surface area (Å²) in [5.41, 5.74) is 6.86. The summed E-state index contributed by atoms with van der Waals surface area (Å²) in [6.45, 7) is 2.75. The van der Waals surface area contributed by atoms with Crippen molar-refractivity contribution in [2.24, 2.45) is 16.6 Å². The van der Waals surface area contributed by atoms with Crippen molar-refractivity contribution in [1.82, 2.24) is 5.32 Å². The van der Waals surface area contributed by atoms with E-state index in [0.29, 0.717) is 18.5 Å². The molecule has 0 aliphatic heterocycles. The predicted molar refractivity (Wildman–Crippen MR) is 69.0 cm³/mol. The van der Waals surface area contributed by atoms with Crippen LogP contribution < -0.4 is 15.8 Å². The molecule has 0 bridgehead atoms. The zero-order valence-corrected chi connectivity index (χ0v) is 10.3. The molecule has 0 unspecified atom stereocenters. The molecule has 0 heterocycles. The van der Waals surface area contributed by atoms with E-state index >= 15 is 0 Å². The molecule has 1 aromatic rings. The van der Waals surface area contributed by atoms with Crippen LogP contribution in [0.2, 0.25) is 0 Å². The van der Waals surface area contributed by atoms with Crippen LogP contribution in [0.25, 0.3) is 0 Å². The number of nitrogens with zero attached hydrogens (tertiary/aromatic N) is 1. The Hall–Kier alpha value is -1.71. The van der Waals surface area contributed by atoms with Crippen LogP contribution in [0.1, 0.15) is 18.9 Å². The number of ether oxygens (including phenoxy) is 1. The first-order chi connectivity index (χ1) is 8.20. The molecule has 0 saturated heterocycles. The van der Waals surface area contributed by atoms with Gasteiger partial charge in [0, 0.05) is 11.6 Å². The Balaban J connectivity index is 1.93. The van der Waals surface area contributed by atoms with Crippen molar-refractivity contribution in [3.63, 3.8) is 0 Å². The van der Waals surface area contributed by atoms with Crippen molar-refractivity contribution in [2.75, 3.05) is 7.11 Å². The van der Waals surface area contributed by atoms with Gasteiger partial charge in [-0.2, -0.15) is 0 Å². The molecule has 2 atom stereocenters. The van der Waals surface area contributed by atoms with Gasteiger partial charge in [0.15, 0.2) is 5.96 Å².